The second kappa shape index (κ2) is 5.84. The van der Waals surface area contributed by atoms with Gasteiger partial charge in [-0.2, -0.15) is 5.10 Å². The Kier molecular flexibility index (Phi) is 4.37. The molecule has 0 saturated carbocycles. The number of hydrogen-bond donors (Lipinski definition) is 1. The summed E-state index contributed by atoms with van der Waals surface area (Å²) in [4.78, 5) is 0. The topological polar surface area (TPSA) is 43.8 Å². The molecule has 0 amide bonds. The average molecular weight is 326 g/mol. The third-order valence-corrected chi connectivity index (χ3v) is 3.39. The molecule has 2 aromatic rings. The van der Waals surface area contributed by atoms with Crippen LogP contribution in [-0.2, 0) is 6.42 Å². The minimum atomic E-state index is -0.285. The van der Waals surface area contributed by atoms with Gasteiger partial charge in [-0.3, -0.25) is 4.68 Å². The minimum Gasteiger partial charge on any atom is -0.324 e. The van der Waals surface area contributed by atoms with Crippen molar-refractivity contribution in [3.8, 4) is 0 Å². The Labute approximate surface area is 120 Å². The first-order chi connectivity index (χ1) is 8.95. The highest BCUT2D eigenvalue weighted by Crippen LogP contribution is 2.21. The number of nitrogens with two attached hydrogens (primary N) is 1. The molecule has 0 aliphatic rings. The van der Waals surface area contributed by atoms with Gasteiger partial charge >= 0.3 is 0 Å². The molecular weight excluding hydrogens is 309 g/mol. The summed E-state index contributed by atoms with van der Waals surface area (Å²) < 4.78 is 15.9. The Bertz CT molecular complexity index is 545. The van der Waals surface area contributed by atoms with Gasteiger partial charge in [0, 0.05) is 29.2 Å². The third kappa shape index (κ3) is 3.64. The molecule has 19 heavy (non-hydrogen) atoms. The molecule has 1 heterocycles. The first-order valence-corrected chi connectivity index (χ1v) is 7.00. The molecule has 2 rings (SSSR count). The van der Waals surface area contributed by atoms with Crippen LogP contribution in [0, 0.1) is 5.82 Å². The number of nitrogens with zero attached hydrogens (tertiary/aromatic N) is 2. The molecule has 1 atom stereocenters. The predicted molar refractivity (Wildman–Crippen MR) is 77.3 cm³/mol. The second-order valence-electron chi connectivity index (χ2n) is 4.89. The number of benzene rings is 1. The average Bonchev–Trinajstić information content (AvgIpc) is 2.76. The van der Waals surface area contributed by atoms with Gasteiger partial charge in [0.1, 0.15) is 5.82 Å². The van der Waals surface area contributed by atoms with E-state index in [0.29, 0.717) is 16.9 Å². The van der Waals surface area contributed by atoms with E-state index in [1.165, 1.54) is 12.1 Å². The van der Waals surface area contributed by atoms with Crippen molar-refractivity contribution in [1.29, 1.82) is 0 Å². The van der Waals surface area contributed by atoms with Crippen molar-refractivity contribution in [1.82, 2.24) is 9.78 Å². The van der Waals surface area contributed by atoms with Crippen LogP contribution in [0.1, 0.15) is 37.2 Å². The fourth-order valence-electron chi connectivity index (χ4n) is 1.91. The van der Waals surface area contributed by atoms with Crippen molar-refractivity contribution >= 4 is 15.9 Å². The summed E-state index contributed by atoms with van der Waals surface area (Å²) in [5.41, 5.74) is 7.80. The Morgan fingerprint density at radius 1 is 1.37 bits per heavy atom. The maximum atomic E-state index is 13.3. The predicted octanol–water partition coefficient (Wildman–Crippen LogP) is 3.61. The first kappa shape index (κ1) is 14.2. The molecular formula is C14H17BrFN3. The SMILES string of the molecule is CC(C)n1ccc(CC(N)c2cc(F)cc(Br)c2)n1. The number of rotatable bonds is 4. The molecule has 0 aliphatic heterocycles. The zero-order chi connectivity index (χ0) is 14.0. The van der Waals surface area contributed by atoms with Crippen LogP contribution in [0.15, 0.2) is 34.9 Å². The van der Waals surface area contributed by atoms with Crippen LogP contribution >= 0.6 is 15.9 Å². The first-order valence-electron chi connectivity index (χ1n) is 6.21. The van der Waals surface area contributed by atoms with Crippen LogP contribution in [-0.4, -0.2) is 9.78 Å². The molecule has 0 bridgehead atoms. The van der Waals surface area contributed by atoms with E-state index in [0.717, 1.165) is 11.3 Å². The third-order valence-electron chi connectivity index (χ3n) is 2.93. The molecule has 1 unspecified atom stereocenters. The van der Waals surface area contributed by atoms with Crippen LogP contribution in [0.5, 0.6) is 0 Å². The zero-order valence-electron chi connectivity index (χ0n) is 11.0. The number of hydrogen-bond acceptors (Lipinski definition) is 2. The fourth-order valence-corrected chi connectivity index (χ4v) is 2.39. The summed E-state index contributed by atoms with van der Waals surface area (Å²) in [6.07, 6.45) is 2.53. The van der Waals surface area contributed by atoms with Gasteiger partial charge in [-0.05, 0) is 43.7 Å². The molecule has 1 aromatic carbocycles. The molecule has 102 valence electrons. The van der Waals surface area contributed by atoms with E-state index in [4.69, 9.17) is 5.73 Å². The Balaban J connectivity index is 2.13. The van der Waals surface area contributed by atoms with Gasteiger partial charge in [0.25, 0.3) is 0 Å². The lowest BCUT2D eigenvalue weighted by Gasteiger charge is -2.11. The second-order valence-corrected chi connectivity index (χ2v) is 5.81. The molecule has 1 aromatic heterocycles. The summed E-state index contributed by atoms with van der Waals surface area (Å²) in [5.74, 6) is -0.285. The van der Waals surface area contributed by atoms with Crippen molar-refractivity contribution in [2.45, 2.75) is 32.4 Å². The molecule has 3 nitrogen and oxygen atoms in total. The van der Waals surface area contributed by atoms with Gasteiger partial charge in [-0.15, -0.1) is 0 Å². The van der Waals surface area contributed by atoms with Gasteiger partial charge in [-0.25, -0.2) is 4.39 Å². The van der Waals surface area contributed by atoms with Crippen molar-refractivity contribution < 1.29 is 4.39 Å². The quantitative estimate of drug-likeness (QED) is 0.933. The zero-order valence-corrected chi connectivity index (χ0v) is 12.6. The largest absolute Gasteiger partial charge is 0.324 e. The molecule has 2 N–H and O–H groups in total. The summed E-state index contributed by atoms with van der Waals surface area (Å²) in [7, 11) is 0. The van der Waals surface area contributed by atoms with E-state index in [9.17, 15) is 4.39 Å². The summed E-state index contributed by atoms with van der Waals surface area (Å²) in [6, 6.07) is 6.75. The Morgan fingerprint density at radius 2 is 2.11 bits per heavy atom. The van der Waals surface area contributed by atoms with E-state index < -0.39 is 0 Å². The summed E-state index contributed by atoms with van der Waals surface area (Å²) in [5, 5.41) is 4.45. The van der Waals surface area contributed by atoms with Gasteiger partial charge in [0.15, 0.2) is 0 Å². The lowest BCUT2D eigenvalue weighted by Crippen LogP contribution is -2.14. The lowest BCUT2D eigenvalue weighted by atomic mass is 10.0. The molecule has 0 spiro atoms. The highest BCUT2D eigenvalue weighted by Gasteiger charge is 2.11. The monoisotopic (exact) mass is 325 g/mol. The normalized spacial score (nSPS) is 12.9. The summed E-state index contributed by atoms with van der Waals surface area (Å²) >= 11 is 3.27. The van der Waals surface area contributed by atoms with Gasteiger partial charge < -0.3 is 5.73 Å². The van der Waals surface area contributed by atoms with E-state index in [-0.39, 0.29) is 11.9 Å². The number of aromatic nitrogens is 2. The van der Waals surface area contributed by atoms with Crippen LogP contribution < -0.4 is 5.73 Å². The van der Waals surface area contributed by atoms with E-state index in [1.807, 2.05) is 23.0 Å². The molecule has 0 aliphatic carbocycles. The van der Waals surface area contributed by atoms with Gasteiger partial charge in [0.05, 0.1) is 5.69 Å². The van der Waals surface area contributed by atoms with Crippen LogP contribution in [0.25, 0.3) is 0 Å². The number of halogens is 2. The highest BCUT2D eigenvalue weighted by molar-refractivity contribution is 9.10. The van der Waals surface area contributed by atoms with Crippen LogP contribution in [0.2, 0.25) is 0 Å². The van der Waals surface area contributed by atoms with Crippen molar-refractivity contribution in [2.75, 3.05) is 0 Å². The van der Waals surface area contributed by atoms with Crippen molar-refractivity contribution in [3.05, 3.63) is 52.0 Å². The Hall–Kier alpha value is -1.20. The van der Waals surface area contributed by atoms with Crippen LogP contribution in [0.3, 0.4) is 0 Å². The van der Waals surface area contributed by atoms with Crippen molar-refractivity contribution in [2.24, 2.45) is 5.73 Å². The van der Waals surface area contributed by atoms with Gasteiger partial charge in [-0.1, -0.05) is 15.9 Å². The molecule has 0 saturated heterocycles. The molecule has 5 heteroatoms. The molecule has 0 fully saturated rings. The maximum Gasteiger partial charge on any atom is 0.124 e. The fraction of sp³-hybridized carbons (Fsp3) is 0.357. The van der Waals surface area contributed by atoms with Crippen LogP contribution in [0.4, 0.5) is 4.39 Å². The summed E-state index contributed by atoms with van der Waals surface area (Å²) in [6.45, 7) is 4.14. The van der Waals surface area contributed by atoms with Crippen molar-refractivity contribution in [3.63, 3.8) is 0 Å². The smallest absolute Gasteiger partial charge is 0.124 e. The van der Waals surface area contributed by atoms with E-state index in [1.54, 1.807) is 0 Å². The maximum absolute atomic E-state index is 13.3. The highest BCUT2D eigenvalue weighted by atomic mass is 79.9. The van der Waals surface area contributed by atoms with E-state index in [2.05, 4.69) is 34.9 Å². The Morgan fingerprint density at radius 3 is 2.68 bits per heavy atom. The van der Waals surface area contributed by atoms with Gasteiger partial charge in [0.2, 0.25) is 0 Å². The van der Waals surface area contributed by atoms with E-state index >= 15 is 0 Å². The minimum absolute atomic E-state index is 0.262. The lowest BCUT2D eigenvalue weighted by molar-refractivity contribution is 0.522. The molecule has 0 radical (unpaired) electrons. The standard InChI is InChI=1S/C14H17BrFN3/c1-9(2)19-4-3-13(18-19)8-14(17)10-5-11(15)7-12(16)6-10/h3-7,9,14H,8,17H2,1-2H3.